The van der Waals surface area contributed by atoms with Crippen LogP contribution in [0.5, 0.6) is 0 Å². The number of carbonyl (C=O) groups excluding carboxylic acids is 3. The molecule has 1 aromatic heterocycles. The number of hydrogen-bond acceptors (Lipinski definition) is 8. The molecule has 2 aliphatic rings. The highest BCUT2D eigenvalue weighted by atomic mass is 32.2. The Morgan fingerprint density at radius 3 is 2.75 bits per heavy atom. The van der Waals surface area contributed by atoms with E-state index in [0.717, 1.165) is 16.2 Å². The number of nitrogens with two attached hydrogens (primary N) is 1. The van der Waals surface area contributed by atoms with Gasteiger partial charge in [0, 0.05) is 11.1 Å². The summed E-state index contributed by atoms with van der Waals surface area (Å²) in [4.78, 5) is 52.4. The van der Waals surface area contributed by atoms with Crippen molar-refractivity contribution in [2.45, 2.75) is 18.3 Å². The summed E-state index contributed by atoms with van der Waals surface area (Å²) in [5.41, 5.74) is 5.85. The van der Waals surface area contributed by atoms with Gasteiger partial charge in [0.1, 0.15) is 22.8 Å². The number of carboxylic acid groups (broad SMARTS) is 1. The second-order valence-electron chi connectivity index (χ2n) is 5.20. The number of nitrogens with zero attached hydrogens (tertiary/aromatic N) is 2. The number of carbonyl (C=O) groups is 4. The van der Waals surface area contributed by atoms with Crippen molar-refractivity contribution in [3.05, 3.63) is 22.3 Å². The van der Waals surface area contributed by atoms with E-state index in [1.54, 1.807) is 6.92 Å². The molecule has 0 saturated carbocycles. The van der Waals surface area contributed by atoms with Crippen LogP contribution in [0.25, 0.3) is 0 Å². The average molecular weight is 368 g/mol. The van der Waals surface area contributed by atoms with Crippen molar-refractivity contribution in [1.29, 1.82) is 0 Å². The fourth-order valence-corrected chi connectivity index (χ4v) is 4.33. The molecule has 2 atom stereocenters. The van der Waals surface area contributed by atoms with Gasteiger partial charge in [-0.1, -0.05) is 0 Å². The highest BCUT2D eigenvalue weighted by Crippen LogP contribution is 2.40. The number of ketones is 1. The molecule has 3 rings (SSSR count). The molecule has 3 heterocycles. The van der Waals surface area contributed by atoms with E-state index in [4.69, 9.17) is 5.73 Å². The molecule has 1 unspecified atom stereocenters. The second kappa shape index (κ2) is 5.91. The lowest BCUT2D eigenvalue weighted by Gasteiger charge is -2.49. The van der Waals surface area contributed by atoms with Crippen LogP contribution in [0.2, 0.25) is 0 Å². The molecule has 1 fully saturated rings. The molecule has 1 saturated heterocycles. The summed E-state index contributed by atoms with van der Waals surface area (Å²) in [6.07, 6.45) is 0. The summed E-state index contributed by atoms with van der Waals surface area (Å²) in [5, 5.41) is 12.6. The zero-order valence-corrected chi connectivity index (χ0v) is 13.9. The van der Waals surface area contributed by atoms with Gasteiger partial charge in [-0.15, -0.1) is 23.1 Å². The van der Waals surface area contributed by atoms with E-state index in [0.29, 0.717) is 11.3 Å². The second-order valence-corrected chi connectivity index (χ2v) is 7.19. The topological polar surface area (TPSA) is 143 Å². The predicted octanol–water partition coefficient (Wildman–Crippen LogP) is -0.333. The molecule has 2 aliphatic heterocycles. The summed E-state index contributed by atoms with van der Waals surface area (Å²) < 4.78 is 0. The Morgan fingerprint density at radius 1 is 1.46 bits per heavy atom. The molecule has 4 N–H and O–H groups in total. The van der Waals surface area contributed by atoms with Crippen molar-refractivity contribution in [2.24, 2.45) is 0 Å². The molecule has 24 heavy (non-hydrogen) atoms. The summed E-state index contributed by atoms with van der Waals surface area (Å²) in [6.45, 7) is 1.64. The van der Waals surface area contributed by atoms with Gasteiger partial charge in [0.2, 0.25) is 0 Å². The lowest BCUT2D eigenvalue weighted by molar-refractivity contribution is -0.150. The van der Waals surface area contributed by atoms with Crippen LogP contribution in [0.3, 0.4) is 0 Å². The fraction of sp³-hybridized carbons (Fsp3) is 0.308. The van der Waals surface area contributed by atoms with Gasteiger partial charge in [0.15, 0.2) is 5.13 Å². The van der Waals surface area contributed by atoms with Crippen LogP contribution in [-0.4, -0.2) is 55.7 Å². The standard InChI is InChI=1S/C13H12N4O5S2/c1-4-2-23-11-6(10(20)17(11)7(4)12(21)22)16-9(19)8(18)5-3-24-13(14)15-5/h3,6,11H,2H2,1H3,(H2,14,15)(H,16,19)(H,21,22)/t6?,11-/m1/s1. The first kappa shape index (κ1) is 16.5. The largest absolute Gasteiger partial charge is 0.477 e. The molecule has 0 spiro atoms. The van der Waals surface area contributed by atoms with Crippen molar-refractivity contribution in [3.63, 3.8) is 0 Å². The summed E-state index contributed by atoms with van der Waals surface area (Å²) in [5.74, 6) is -3.17. The summed E-state index contributed by atoms with van der Waals surface area (Å²) >= 11 is 2.36. The van der Waals surface area contributed by atoms with Gasteiger partial charge >= 0.3 is 5.97 Å². The van der Waals surface area contributed by atoms with Crippen LogP contribution in [0.1, 0.15) is 17.4 Å². The lowest BCUT2D eigenvalue weighted by atomic mass is 10.0. The first-order chi connectivity index (χ1) is 11.3. The van der Waals surface area contributed by atoms with Gasteiger partial charge < -0.3 is 16.2 Å². The number of nitrogen functional groups attached to an aromatic ring is 1. The molecule has 126 valence electrons. The molecular formula is C13H12N4O5S2. The maximum atomic E-state index is 12.2. The van der Waals surface area contributed by atoms with Gasteiger partial charge in [-0.3, -0.25) is 19.3 Å². The molecule has 0 aromatic carbocycles. The van der Waals surface area contributed by atoms with E-state index in [1.807, 2.05) is 0 Å². The molecule has 0 radical (unpaired) electrons. The number of fused-ring (bicyclic) bond motifs is 1. The number of Topliss-reactive ketones (excluding diaryl/α,β-unsaturated/α-hetero) is 1. The maximum Gasteiger partial charge on any atom is 0.352 e. The van der Waals surface area contributed by atoms with E-state index in [-0.39, 0.29) is 16.5 Å². The number of aromatic nitrogens is 1. The molecule has 1 aromatic rings. The van der Waals surface area contributed by atoms with Crippen molar-refractivity contribution in [2.75, 3.05) is 11.5 Å². The Morgan fingerprint density at radius 2 is 2.17 bits per heavy atom. The number of carboxylic acids is 1. The number of amides is 2. The zero-order chi connectivity index (χ0) is 17.6. The van der Waals surface area contributed by atoms with E-state index >= 15 is 0 Å². The highest BCUT2D eigenvalue weighted by molar-refractivity contribution is 8.00. The average Bonchev–Trinajstić information content (AvgIpc) is 2.97. The Kier molecular flexibility index (Phi) is 4.05. The number of β-lactam (4-membered cyclic amide) rings is 1. The Labute approximate surface area is 143 Å². The predicted molar refractivity (Wildman–Crippen MR) is 86.2 cm³/mol. The molecule has 9 nitrogen and oxygen atoms in total. The van der Waals surface area contributed by atoms with Crippen LogP contribution in [0.15, 0.2) is 16.7 Å². The van der Waals surface area contributed by atoms with E-state index in [2.05, 4.69) is 10.3 Å². The lowest BCUT2D eigenvalue weighted by Crippen LogP contribution is -2.71. The van der Waals surface area contributed by atoms with Crippen LogP contribution in [0, 0.1) is 0 Å². The minimum atomic E-state index is -1.19. The van der Waals surface area contributed by atoms with Gasteiger partial charge in [-0.05, 0) is 12.5 Å². The Hall–Kier alpha value is -2.40. The van der Waals surface area contributed by atoms with Crippen molar-refractivity contribution >= 4 is 51.8 Å². The quantitative estimate of drug-likeness (QED) is 0.372. The maximum absolute atomic E-state index is 12.2. The monoisotopic (exact) mass is 368 g/mol. The minimum absolute atomic E-state index is 0.0622. The van der Waals surface area contributed by atoms with Crippen LogP contribution < -0.4 is 11.1 Å². The number of hydrogen-bond donors (Lipinski definition) is 3. The highest BCUT2D eigenvalue weighted by Gasteiger charge is 2.54. The van der Waals surface area contributed by atoms with Crippen molar-refractivity contribution < 1.29 is 24.3 Å². The summed E-state index contributed by atoms with van der Waals surface area (Å²) in [7, 11) is 0. The first-order valence-corrected chi connectivity index (χ1v) is 8.68. The van der Waals surface area contributed by atoms with Gasteiger partial charge in [-0.25, -0.2) is 9.78 Å². The van der Waals surface area contributed by atoms with Crippen molar-refractivity contribution in [3.8, 4) is 0 Å². The van der Waals surface area contributed by atoms with Gasteiger partial charge in [0.25, 0.3) is 17.6 Å². The van der Waals surface area contributed by atoms with Crippen LogP contribution >= 0.6 is 23.1 Å². The zero-order valence-electron chi connectivity index (χ0n) is 12.3. The Balaban J connectivity index is 1.72. The third-order valence-corrected chi connectivity index (χ3v) is 5.71. The van der Waals surface area contributed by atoms with E-state index in [1.165, 1.54) is 17.1 Å². The van der Waals surface area contributed by atoms with Crippen molar-refractivity contribution in [1.82, 2.24) is 15.2 Å². The van der Waals surface area contributed by atoms with Crippen LogP contribution in [0.4, 0.5) is 5.13 Å². The van der Waals surface area contributed by atoms with Gasteiger partial charge in [-0.2, -0.15) is 0 Å². The smallest absolute Gasteiger partial charge is 0.352 e. The molecule has 11 heteroatoms. The fourth-order valence-electron chi connectivity index (χ4n) is 2.49. The number of anilines is 1. The van der Waals surface area contributed by atoms with Crippen LogP contribution in [-0.2, 0) is 14.4 Å². The third kappa shape index (κ3) is 2.55. The molecule has 0 aliphatic carbocycles. The first-order valence-electron chi connectivity index (χ1n) is 6.75. The minimum Gasteiger partial charge on any atom is -0.477 e. The Bertz CT molecular complexity index is 802. The summed E-state index contributed by atoms with van der Waals surface area (Å²) in [6, 6.07) is -0.940. The SMILES string of the molecule is CC1=C(C(=O)O)N2C(=O)C(NC(=O)C(=O)c3csc(N)n3)[C@H]2SC1. The van der Waals surface area contributed by atoms with E-state index < -0.39 is 35.0 Å². The number of aliphatic carboxylic acids is 1. The number of rotatable bonds is 4. The third-order valence-electron chi connectivity index (χ3n) is 3.61. The van der Waals surface area contributed by atoms with Gasteiger partial charge in [0.05, 0.1) is 0 Å². The number of nitrogens with one attached hydrogen (secondary N) is 1. The molecule has 2 amide bonds. The molecule has 0 bridgehead atoms. The normalized spacial score (nSPS) is 22.7. The molecular weight excluding hydrogens is 356 g/mol. The van der Waals surface area contributed by atoms with E-state index in [9.17, 15) is 24.3 Å². The number of thiazole rings is 1. The number of thioether (sulfide) groups is 1.